The zero-order valence-corrected chi connectivity index (χ0v) is 13.3. The Labute approximate surface area is 141 Å². The molecule has 1 aliphatic heterocycles. The van der Waals surface area contributed by atoms with E-state index in [1.54, 1.807) is 0 Å². The van der Waals surface area contributed by atoms with Crippen LogP contribution in [0.3, 0.4) is 0 Å². The molecule has 0 spiro atoms. The van der Waals surface area contributed by atoms with Crippen LogP contribution >= 0.6 is 0 Å². The van der Waals surface area contributed by atoms with Gasteiger partial charge in [-0.1, -0.05) is 48.5 Å². The van der Waals surface area contributed by atoms with E-state index in [4.69, 9.17) is 4.84 Å². The lowest BCUT2D eigenvalue weighted by molar-refractivity contribution is -0.135. The van der Waals surface area contributed by atoms with Crippen molar-refractivity contribution in [2.24, 2.45) is 5.92 Å². The highest BCUT2D eigenvalue weighted by atomic mass is 16.6. The van der Waals surface area contributed by atoms with Crippen LogP contribution in [0.15, 0.2) is 54.6 Å². The molecule has 1 aliphatic rings. The fourth-order valence-corrected chi connectivity index (χ4v) is 2.78. The molecular formula is C19H20N2O3. The minimum Gasteiger partial charge on any atom is -0.326 e. The Kier molecular flexibility index (Phi) is 5.23. The molecule has 0 fully saturated rings. The number of anilines is 1. The molecule has 5 nitrogen and oxygen atoms in total. The predicted molar refractivity (Wildman–Crippen MR) is 90.9 cm³/mol. The SMILES string of the molecule is O=C(CCC1Cc2ccccc2NC1=O)NOCc1ccccc1. The number of fused-ring (bicyclic) bond motifs is 1. The van der Waals surface area contributed by atoms with E-state index in [-0.39, 0.29) is 24.2 Å². The Hall–Kier alpha value is -2.66. The predicted octanol–water partition coefficient (Wildman–Crippen LogP) is 2.83. The van der Waals surface area contributed by atoms with Gasteiger partial charge in [-0.3, -0.25) is 14.4 Å². The molecule has 0 radical (unpaired) electrons. The van der Waals surface area contributed by atoms with Crippen LogP contribution in [0, 0.1) is 5.92 Å². The van der Waals surface area contributed by atoms with Crippen LogP contribution < -0.4 is 10.8 Å². The van der Waals surface area contributed by atoms with E-state index in [0.29, 0.717) is 19.4 Å². The minimum atomic E-state index is -0.211. The highest BCUT2D eigenvalue weighted by Gasteiger charge is 2.26. The van der Waals surface area contributed by atoms with Gasteiger partial charge in [-0.25, -0.2) is 5.48 Å². The summed E-state index contributed by atoms with van der Waals surface area (Å²) in [7, 11) is 0. The second-order valence-electron chi connectivity index (χ2n) is 5.89. The Morgan fingerprint density at radius 3 is 2.71 bits per heavy atom. The summed E-state index contributed by atoms with van der Waals surface area (Å²) >= 11 is 0. The van der Waals surface area contributed by atoms with Crippen molar-refractivity contribution >= 4 is 17.5 Å². The minimum absolute atomic E-state index is 0.0216. The standard InChI is InChI=1S/C19H20N2O3/c22-18(21-24-13-14-6-2-1-3-7-14)11-10-16-12-15-8-4-5-9-17(15)20-19(16)23/h1-9,16H,10-13H2,(H,20,23)(H,21,22). The first kappa shape index (κ1) is 16.2. The van der Waals surface area contributed by atoms with Gasteiger partial charge in [-0.05, 0) is 30.0 Å². The Morgan fingerprint density at radius 1 is 1.12 bits per heavy atom. The van der Waals surface area contributed by atoms with Gasteiger partial charge in [0.25, 0.3) is 0 Å². The van der Waals surface area contributed by atoms with Gasteiger partial charge < -0.3 is 5.32 Å². The summed E-state index contributed by atoms with van der Waals surface area (Å²) < 4.78 is 0. The first-order valence-corrected chi connectivity index (χ1v) is 8.05. The molecule has 2 amide bonds. The fourth-order valence-electron chi connectivity index (χ4n) is 2.78. The van der Waals surface area contributed by atoms with Crippen molar-refractivity contribution < 1.29 is 14.4 Å². The van der Waals surface area contributed by atoms with Crippen molar-refractivity contribution in [3.8, 4) is 0 Å². The topological polar surface area (TPSA) is 67.4 Å². The highest BCUT2D eigenvalue weighted by Crippen LogP contribution is 2.27. The van der Waals surface area contributed by atoms with Crippen LogP contribution in [0.2, 0.25) is 0 Å². The maximum absolute atomic E-state index is 12.1. The molecule has 2 aromatic rings. The molecule has 0 bridgehead atoms. The second-order valence-corrected chi connectivity index (χ2v) is 5.89. The molecule has 124 valence electrons. The smallest absolute Gasteiger partial charge is 0.243 e. The lowest BCUT2D eigenvalue weighted by Gasteiger charge is -2.24. The average molecular weight is 324 g/mol. The van der Waals surface area contributed by atoms with E-state index in [1.165, 1.54) is 0 Å². The number of hydrogen-bond donors (Lipinski definition) is 2. The van der Waals surface area contributed by atoms with Crippen LogP contribution in [0.25, 0.3) is 0 Å². The van der Waals surface area contributed by atoms with Crippen molar-refractivity contribution in [3.05, 3.63) is 65.7 Å². The summed E-state index contributed by atoms with van der Waals surface area (Å²) in [6.07, 6.45) is 1.43. The number of rotatable bonds is 6. The third-order valence-electron chi connectivity index (χ3n) is 4.10. The quantitative estimate of drug-likeness (QED) is 0.803. The Morgan fingerprint density at radius 2 is 1.88 bits per heavy atom. The van der Waals surface area contributed by atoms with E-state index in [2.05, 4.69) is 10.8 Å². The van der Waals surface area contributed by atoms with Crippen molar-refractivity contribution in [3.63, 3.8) is 0 Å². The molecule has 2 aromatic carbocycles. The summed E-state index contributed by atoms with van der Waals surface area (Å²) in [5.41, 5.74) is 5.40. The number of para-hydroxylation sites is 1. The van der Waals surface area contributed by atoms with E-state index >= 15 is 0 Å². The van der Waals surface area contributed by atoms with E-state index in [1.807, 2.05) is 54.6 Å². The molecule has 0 saturated heterocycles. The number of carbonyl (C=O) groups excluding carboxylic acids is 2. The molecule has 24 heavy (non-hydrogen) atoms. The van der Waals surface area contributed by atoms with Gasteiger partial charge in [0.15, 0.2) is 0 Å². The van der Waals surface area contributed by atoms with Gasteiger partial charge in [0.1, 0.15) is 0 Å². The van der Waals surface area contributed by atoms with Crippen molar-refractivity contribution in [2.75, 3.05) is 5.32 Å². The molecule has 0 aromatic heterocycles. The van der Waals surface area contributed by atoms with Crippen LogP contribution in [0.5, 0.6) is 0 Å². The molecule has 5 heteroatoms. The van der Waals surface area contributed by atoms with Crippen LogP contribution in [-0.2, 0) is 27.5 Å². The first-order valence-electron chi connectivity index (χ1n) is 8.05. The maximum atomic E-state index is 12.1. The van der Waals surface area contributed by atoms with Gasteiger partial charge >= 0.3 is 0 Å². The Bertz CT molecular complexity index is 716. The summed E-state index contributed by atoms with van der Waals surface area (Å²) in [6, 6.07) is 17.4. The number of hydroxylamine groups is 1. The molecule has 0 aliphatic carbocycles. The van der Waals surface area contributed by atoms with Gasteiger partial charge in [0.05, 0.1) is 6.61 Å². The second kappa shape index (κ2) is 7.75. The van der Waals surface area contributed by atoms with Crippen LogP contribution in [0.4, 0.5) is 5.69 Å². The average Bonchev–Trinajstić information content (AvgIpc) is 2.61. The molecule has 1 atom stereocenters. The van der Waals surface area contributed by atoms with E-state index < -0.39 is 0 Å². The molecule has 0 saturated carbocycles. The first-order chi connectivity index (χ1) is 11.7. The number of amides is 2. The highest BCUT2D eigenvalue weighted by molar-refractivity contribution is 5.95. The van der Waals surface area contributed by atoms with Crippen molar-refractivity contribution in [1.82, 2.24) is 5.48 Å². The summed E-state index contributed by atoms with van der Waals surface area (Å²) in [5, 5.41) is 2.90. The molecule has 1 unspecified atom stereocenters. The normalized spacial score (nSPS) is 16.2. The largest absolute Gasteiger partial charge is 0.326 e. The zero-order valence-electron chi connectivity index (χ0n) is 13.3. The monoisotopic (exact) mass is 324 g/mol. The third-order valence-corrected chi connectivity index (χ3v) is 4.10. The van der Waals surface area contributed by atoms with E-state index in [0.717, 1.165) is 16.8 Å². The van der Waals surface area contributed by atoms with Crippen LogP contribution in [-0.4, -0.2) is 11.8 Å². The summed E-state index contributed by atoms with van der Waals surface area (Å²) in [6.45, 7) is 0.323. The lowest BCUT2D eigenvalue weighted by atomic mass is 9.90. The molecule has 3 rings (SSSR count). The molecular weight excluding hydrogens is 304 g/mol. The fraction of sp³-hybridized carbons (Fsp3) is 0.263. The molecule has 2 N–H and O–H groups in total. The van der Waals surface area contributed by atoms with Gasteiger partial charge in [0, 0.05) is 18.0 Å². The maximum Gasteiger partial charge on any atom is 0.243 e. The van der Waals surface area contributed by atoms with Gasteiger partial charge in [-0.2, -0.15) is 0 Å². The van der Waals surface area contributed by atoms with Gasteiger partial charge in [0.2, 0.25) is 11.8 Å². The zero-order chi connectivity index (χ0) is 16.8. The number of benzene rings is 2. The number of nitrogens with one attached hydrogen (secondary N) is 2. The summed E-state index contributed by atoms with van der Waals surface area (Å²) in [5.74, 6) is -0.413. The molecule has 1 heterocycles. The van der Waals surface area contributed by atoms with Gasteiger partial charge in [-0.15, -0.1) is 0 Å². The van der Waals surface area contributed by atoms with E-state index in [9.17, 15) is 9.59 Å². The number of hydrogen-bond acceptors (Lipinski definition) is 3. The lowest BCUT2D eigenvalue weighted by Crippen LogP contribution is -2.31. The van der Waals surface area contributed by atoms with Crippen molar-refractivity contribution in [2.45, 2.75) is 25.9 Å². The third kappa shape index (κ3) is 4.20. The van der Waals surface area contributed by atoms with Crippen LogP contribution in [0.1, 0.15) is 24.0 Å². The summed E-state index contributed by atoms with van der Waals surface area (Å²) in [4.78, 5) is 29.2. The van der Waals surface area contributed by atoms with Crippen molar-refractivity contribution in [1.29, 1.82) is 0 Å². The Balaban J connectivity index is 1.42. The number of carbonyl (C=O) groups is 2.